The Labute approximate surface area is 139 Å². The van der Waals surface area contributed by atoms with Crippen LogP contribution in [0.4, 0.5) is 5.95 Å². The van der Waals surface area contributed by atoms with Gasteiger partial charge in [0, 0.05) is 30.4 Å². The number of thioether (sulfide) groups is 1. The second kappa shape index (κ2) is 7.35. The van der Waals surface area contributed by atoms with Crippen LogP contribution in [0.25, 0.3) is 0 Å². The first-order valence-electron chi connectivity index (χ1n) is 7.41. The van der Waals surface area contributed by atoms with Crippen molar-refractivity contribution < 1.29 is 4.74 Å². The van der Waals surface area contributed by atoms with Crippen LogP contribution in [-0.4, -0.2) is 41.1 Å². The molecule has 118 valence electrons. The number of benzene rings is 1. The number of anilines is 1. The maximum Gasteiger partial charge on any atom is 0.228 e. The monoisotopic (exact) mass is 338 g/mol. The van der Waals surface area contributed by atoms with Gasteiger partial charge in [0.05, 0.1) is 13.2 Å². The maximum atomic E-state index is 5.92. The Morgan fingerprint density at radius 3 is 2.59 bits per heavy atom. The van der Waals surface area contributed by atoms with Gasteiger partial charge in [-0.05, 0) is 24.6 Å². The summed E-state index contributed by atoms with van der Waals surface area (Å²) in [5.74, 6) is 1.81. The number of nitrogens with zero attached hydrogens (tertiary/aromatic N) is 4. The minimum atomic E-state index is 0.754. The summed E-state index contributed by atoms with van der Waals surface area (Å²) in [5.41, 5.74) is 1.23. The molecule has 1 aliphatic rings. The third kappa shape index (κ3) is 3.56. The first kappa shape index (κ1) is 15.6. The zero-order valence-electron chi connectivity index (χ0n) is 12.5. The standard InChI is InChI=1S/C15H19ClN4OS/c1-2-20-14(19-7-9-21-10-8-19)17-18-15(20)22-11-12-3-5-13(16)6-4-12/h3-6H,2,7-11H2,1H3. The molecule has 7 heteroatoms. The van der Waals surface area contributed by atoms with E-state index in [0.29, 0.717) is 0 Å². The molecule has 0 atom stereocenters. The molecular formula is C15H19ClN4OS. The van der Waals surface area contributed by atoms with Crippen molar-refractivity contribution in [1.82, 2.24) is 14.8 Å². The molecule has 2 aromatic rings. The van der Waals surface area contributed by atoms with Crippen molar-refractivity contribution in [3.05, 3.63) is 34.9 Å². The van der Waals surface area contributed by atoms with Gasteiger partial charge in [-0.25, -0.2) is 0 Å². The molecule has 1 aromatic carbocycles. The fourth-order valence-electron chi connectivity index (χ4n) is 2.39. The van der Waals surface area contributed by atoms with E-state index in [1.807, 2.05) is 24.3 Å². The highest BCUT2D eigenvalue weighted by molar-refractivity contribution is 7.98. The SMILES string of the molecule is CCn1c(SCc2ccc(Cl)cc2)nnc1N1CCOCC1. The van der Waals surface area contributed by atoms with Crippen LogP contribution in [0.1, 0.15) is 12.5 Å². The molecule has 0 amide bonds. The summed E-state index contributed by atoms with van der Waals surface area (Å²) < 4.78 is 7.57. The van der Waals surface area contributed by atoms with Gasteiger partial charge in [-0.15, -0.1) is 10.2 Å². The third-order valence-electron chi connectivity index (χ3n) is 3.59. The molecule has 1 aromatic heterocycles. The van der Waals surface area contributed by atoms with Crippen LogP contribution in [0.2, 0.25) is 5.02 Å². The Kier molecular flexibility index (Phi) is 5.23. The number of aromatic nitrogens is 3. The van der Waals surface area contributed by atoms with Gasteiger partial charge in [0.1, 0.15) is 0 Å². The predicted molar refractivity (Wildman–Crippen MR) is 89.7 cm³/mol. The summed E-state index contributed by atoms with van der Waals surface area (Å²) in [6, 6.07) is 7.93. The lowest BCUT2D eigenvalue weighted by Gasteiger charge is -2.27. The van der Waals surface area contributed by atoms with Crippen molar-refractivity contribution in [3.8, 4) is 0 Å². The number of halogens is 1. The minimum Gasteiger partial charge on any atom is -0.378 e. The third-order valence-corrected chi connectivity index (χ3v) is 4.88. The molecule has 3 rings (SSSR count). The molecule has 0 saturated carbocycles. The van der Waals surface area contributed by atoms with Crippen LogP contribution in [0, 0.1) is 0 Å². The number of rotatable bonds is 5. The zero-order valence-corrected chi connectivity index (χ0v) is 14.1. The number of hydrogen-bond acceptors (Lipinski definition) is 5. The number of morpholine rings is 1. The number of hydrogen-bond donors (Lipinski definition) is 0. The van der Waals surface area contributed by atoms with Crippen LogP contribution < -0.4 is 4.90 Å². The lowest BCUT2D eigenvalue weighted by molar-refractivity contribution is 0.121. The fraction of sp³-hybridized carbons (Fsp3) is 0.467. The number of ether oxygens (including phenoxy) is 1. The fourth-order valence-corrected chi connectivity index (χ4v) is 3.47. The van der Waals surface area contributed by atoms with E-state index in [1.54, 1.807) is 11.8 Å². The highest BCUT2D eigenvalue weighted by Gasteiger charge is 2.19. The summed E-state index contributed by atoms with van der Waals surface area (Å²) in [4.78, 5) is 2.24. The second-order valence-electron chi connectivity index (χ2n) is 5.04. The van der Waals surface area contributed by atoms with Gasteiger partial charge in [-0.3, -0.25) is 4.57 Å². The van der Waals surface area contributed by atoms with E-state index in [2.05, 4.69) is 26.6 Å². The molecule has 0 radical (unpaired) electrons. The Morgan fingerprint density at radius 2 is 1.91 bits per heavy atom. The van der Waals surface area contributed by atoms with Crippen LogP contribution >= 0.6 is 23.4 Å². The van der Waals surface area contributed by atoms with Gasteiger partial charge >= 0.3 is 0 Å². The van der Waals surface area contributed by atoms with E-state index >= 15 is 0 Å². The molecule has 1 fully saturated rings. The lowest BCUT2D eigenvalue weighted by atomic mass is 10.2. The molecule has 5 nitrogen and oxygen atoms in total. The molecule has 0 aliphatic carbocycles. The summed E-state index contributed by atoms with van der Waals surface area (Å²) in [6.07, 6.45) is 0. The van der Waals surface area contributed by atoms with Crippen LogP contribution in [0.5, 0.6) is 0 Å². The van der Waals surface area contributed by atoms with Crippen molar-refractivity contribution in [3.63, 3.8) is 0 Å². The highest BCUT2D eigenvalue weighted by atomic mass is 35.5. The summed E-state index contributed by atoms with van der Waals surface area (Å²) in [7, 11) is 0. The van der Waals surface area contributed by atoms with Gasteiger partial charge in [0.15, 0.2) is 5.16 Å². The van der Waals surface area contributed by atoms with Crippen molar-refractivity contribution in [2.75, 3.05) is 31.2 Å². The van der Waals surface area contributed by atoms with Gasteiger partial charge in [-0.1, -0.05) is 35.5 Å². The summed E-state index contributed by atoms with van der Waals surface area (Å²) in [5, 5.41) is 10.5. The minimum absolute atomic E-state index is 0.754. The van der Waals surface area contributed by atoms with E-state index in [-0.39, 0.29) is 0 Å². The van der Waals surface area contributed by atoms with Crippen molar-refractivity contribution >= 4 is 29.3 Å². The van der Waals surface area contributed by atoms with E-state index in [0.717, 1.165) is 54.7 Å². The van der Waals surface area contributed by atoms with Gasteiger partial charge in [-0.2, -0.15) is 0 Å². The van der Waals surface area contributed by atoms with Crippen LogP contribution in [-0.2, 0) is 17.0 Å². The molecule has 0 N–H and O–H groups in total. The van der Waals surface area contributed by atoms with Crippen LogP contribution in [0.3, 0.4) is 0 Å². The molecule has 0 spiro atoms. The Bertz CT molecular complexity index is 611. The zero-order chi connectivity index (χ0) is 15.4. The van der Waals surface area contributed by atoms with Crippen molar-refractivity contribution in [2.45, 2.75) is 24.4 Å². The van der Waals surface area contributed by atoms with Gasteiger partial charge in [0.2, 0.25) is 5.95 Å². The molecule has 22 heavy (non-hydrogen) atoms. The Morgan fingerprint density at radius 1 is 1.18 bits per heavy atom. The highest BCUT2D eigenvalue weighted by Crippen LogP contribution is 2.26. The van der Waals surface area contributed by atoms with E-state index in [9.17, 15) is 0 Å². The lowest BCUT2D eigenvalue weighted by Crippen LogP contribution is -2.38. The molecule has 1 aliphatic heterocycles. The summed E-state index contributed by atoms with van der Waals surface area (Å²) in [6.45, 7) is 6.25. The smallest absolute Gasteiger partial charge is 0.228 e. The van der Waals surface area contributed by atoms with Gasteiger partial charge < -0.3 is 9.64 Å². The largest absolute Gasteiger partial charge is 0.378 e. The maximum absolute atomic E-state index is 5.92. The summed E-state index contributed by atoms with van der Waals surface area (Å²) >= 11 is 7.62. The average molecular weight is 339 g/mol. The van der Waals surface area contributed by atoms with E-state index in [1.165, 1.54) is 5.56 Å². The average Bonchev–Trinajstić information content (AvgIpc) is 2.98. The first-order valence-corrected chi connectivity index (χ1v) is 8.77. The quantitative estimate of drug-likeness (QED) is 0.784. The van der Waals surface area contributed by atoms with Crippen molar-refractivity contribution in [2.24, 2.45) is 0 Å². The van der Waals surface area contributed by atoms with E-state index < -0.39 is 0 Å². The van der Waals surface area contributed by atoms with Crippen molar-refractivity contribution in [1.29, 1.82) is 0 Å². The molecule has 1 saturated heterocycles. The second-order valence-corrected chi connectivity index (χ2v) is 6.42. The Hall–Kier alpha value is -1.24. The molecule has 0 unspecified atom stereocenters. The first-order chi connectivity index (χ1) is 10.8. The predicted octanol–water partition coefficient (Wildman–Crippen LogP) is 3.08. The van der Waals surface area contributed by atoms with E-state index in [4.69, 9.17) is 16.3 Å². The topological polar surface area (TPSA) is 43.2 Å². The normalized spacial score (nSPS) is 15.3. The molecular weight excluding hydrogens is 320 g/mol. The molecule has 2 heterocycles. The van der Waals surface area contributed by atoms with Gasteiger partial charge in [0.25, 0.3) is 0 Å². The Balaban J connectivity index is 1.70. The molecule has 0 bridgehead atoms. The van der Waals surface area contributed by atoms with Crippen LogP contribution in [0.15, 0.2) is 29.4 Å².